The third-order valence-corrected chi connectivity index (χ3v) is 2.67. The normalized spacial score (nSPS) is 15.9. The molecule has 1 nitrogen and oxygen atoms in total. The van der Waals surface area contributed by atoms with E-state index in [2.05, 4.69) is 32.0 Å². The van der Waals surface area contributed by atoms with E-state index in [0.29, 0.717) is 5.92 Å². The maximum Gasteiger partial charge on any atom is 0.0719 e. The van der Waals surface area contributed by atoms with Gasteiger partial charge in [-0.2, -0.15) is 0 Å². The minimum atomic E-state index is 0.618. The van der Waals surface area contributed by atoms with Crippen LogP contribution in [-0.4, -0.2) is 6.61 Å². The first-order valence-corrected chi connectivity index (χ1v) is 4.97. The highest BCUT2D eigenvalue weighted by Gasteiger charge is 2.10. The van der Waals surface area contributed by atoms with Crippen LogP contribution in [0.5, 0.6) is 0 Å². The molecule has 0 spiro atoms. The summed E-state index contributed by atoms with van der Waals surface area (Å²) < 4.78 is 5.43. The molecule has 0 saturated heterocycles. The Bertz CT molecular complexity index is 302. The Morgan fingerprint density at radius 1 is 1.23 bits per heavy atom. The summed E-state index contributed by atoms with van der Waals surface area (Å²) in [7, 11) is 0. The molecule has 0 radical (unpaired) electrons. The molecule has 13 heavy (non-hydrogen) atoms. The molecular weight excluding hydrogens is 160 g/mol. The summed E-state index contributed by atoms with van der Waals surface area (Å²) in [6.07, 6.45) is 1.08. The molecule has 1 heteroatoms. The lowest BCUT2D eigenvalue weighted by atomic mass is 9.95. The fraction of sp³-hybridized carbons (Fsp3) is 0.500. The minimum absolute atomic E-state index is 0.618. The van der Waals surface area contributed by atoms with Crippen LogP contribution in [0.1, 0.15) is 36.5 Å². The zero-order valence-electron chi connectivity index (χ0n) is 8.34. The number of fused-ring (bicyclic) bond motifs is 1. The van der Waals surface area contributed by atoms with Crippen LogP contribution >= 0.6 is 0 Å². The van der Waals surface area contributed by atoms with Crippen molar-refractivity contribution >= 4 is 0 Å². The van der Waals surface area contributed by atoms with Gasteiger partial charge in [0.15, 0.2) is 0 Å². The van der Waals surface area contributed by atoms with Gasteiger partial charge >= 0.3 is 0 Å². The third kappa shape index (κ3) is 1.75. The fourth-order valence-electron chi connectivity index (χ4n) is 1.75. The largest absolute Gasteiger partial charge is 0.376 e. The Labute approximate surface area is 79.7 Å². The number of ether oxygens (including phenoxy) is 1. The molecule has 2 rings (SSSR count). The van der Waals surface area contributed by atoms with Gasteiger partial charge in [-0.05, 0) is 29.0 Å². The Morgan fingerprint density at radius 2 is 2.08 bits per heavy atom. The Kier molecular flexibility index (Phi) is 2.36. The van der Waals surface area contributed by atoms with E-state index in [-0.39, 0.29) is 0 Å². The van der Waals surface area contributed by atoms with Gasteiger partial charge in [0, 0.05) is 0 Å². The van der Waals surface area contributed by atoms with Crippen LogP contribution in [-0.2, 0) is 17.8 Å². The average Bonchev–Trinajstić information content (AvgIpc) is 2.17. The first-order valence-electron chi connectivity index (χ1n) is 4.97. The van der Waals surface area contributed by atoms with Crippen LogP contribution in [0.25, 0.3) is 0 Å². The van der Waals surface area contributed by atoms with Crippen molar-refractivity contribution in [3.8, 4) is 0 Å². The molecule has 0 aromatic heterocycles. The molecule has 1 aliphatic heterocycles. The van der Waals surface area contributed by atoms with Gasteiger partial charge in [-0.15, -0.1) is 0 Å². The molecule has 0 saturated carbocycles. The molecule has 0 atom stereocenters. The lowest BCUT2D eigenvalue weighted by Gasteiger charge is -2.18. The number of hydrogen-bond acceptors (Lipinski definition) is 1. The lowest BCUT2D eigenvalue weighted by Crippen LogP contribution is -2.10. The van der Waals surface area contributed by atoms with E-state index in [1.807, 2.05) is 0 Å². The van der Waals surface area contributed by atoms with Crippen LogP contribution in [0.4, 0.5) is 0 Å². The summed E-state index contributed by atoms with van der Waals surface area (Å²) in [5.74, 6) is 0.618. The second-order valence-corrected chi connectivity index (χ2v) is 3.99. The van der Waals surface area contributed by atoms with Crippen molar-refractivity contribution in [3.63, 3.8) is 0 Å². The molecule has 0 amide bonds. The molecule has 1 aliphatic rings. The second-order valence-electron chi connectivity index (χ2n) is 3.99. The first-order chi connectivity index (χ1) is 6.27. The SMILES string of the molecule is CC(C)c1ccc2c(c1)COCC2. The van der Waals surface area contributed by atoms with Crippen molar-refractivity contribution < 1.29 is 4.74 Å². The van der Waals surface area contributed by atoms with Gasteiger partial charge < -0.3 is 4.74 Å². The molecule has 0 N–H and O–H groups in total. The van der Waals surface area contributed by atoms with Crippen LogP contribution in [0.15, 0.2) is 18.2 Å². The van der Waals surface area contributed by atoms with Gasteiger partial charge in [0.25, 0.3) is 0 Å². The average molecular weight is 176 g/mol. The summed E-state index contributed by atoms with van der Waals surface area (Å²) in [6.45, 7) is 6.14. The molecule has 1 heterocycles. The minimum Gasteiger partial charge on any atom is -0.376 e. The Hall–Kier alpha value is -0.820. The standard InChI is InChI=1S/C12H16O/c1-9(2)11-4-3-10-5-6-13-8-12(10)7-11/h3-4,7,9H,5-6,8H2,1-2H3. The van der Waals surface area contributed by atoms with Crippen molar-refractivity contribution in [1.82, 2.24) is 0 Å². The summed E-state index contributed by atoms with van der Waals surface area (Å²) in [5.41, 5.74) is 4.28. The number of hydrogen-bond donors (Lipinski definition) is 0. The zero-order valence-corrected chi connectivity index (χ0v) is 8.34. The monoisotopic (exact) mass is 176 g/mol. The predicted octanol–water partition coefficient (Wildman–Crippen LogP) is 2.88. The third-order valence-electron chi connectivity index (χ3n) is 2.67. The van der Waals surface area contributed by atoms with Gasteiger partial charge in [0.1, 0.15) is 0 Å². The Morgan fingerprint density at radius 3 is 2.85 bits per heavy atom. The van der Waals surface area contributed by atoms with Crippen molar-refractivity contribution in [3.05, 3.63) is 34.9 Å². The smallest absolute Gasteiger partial charge is 0.0719 e. The number of rotatable bonds is 1. The van der Waals surface area contributed by atoms with Crippen LogP contribution in [0, 0.1) is 0 Å². The molecule has 70 valence electrons. The highest BCUT2D eigenvalue weighted by molar-refractivity contribution is 5.34. The molecule has 0 fully saturated rings. The van der Waals surface area contributed by atoms with Gasteiger partial charge in [-0.1, -0.05) is 32.0 Å². The summed E-state index contributed by atoms with van der Waals surface area (Å²) in [4.78, 5) is 0. The van der Waals surface area contributed by atoms with Crippen LogP contribution < -0.4 is 0 Å². The van der Waals surface area contributed by atoms with E-state index in [9.17, 15) is 0 Å². The van der Waals surface area contributed by atoms with Crippen molar-refractivity contribution in [2.24, 2.45) is 0 Å². The van der Waals surface area contributed by atoms with Crippen molar-refractivity contribution in [2.45, 2.75) is 32.8 Å². The highest BCUT2D eigenvalue weighted by Crippen LogP contribution is 2.22. The second kappa shape index (κ2) is 3.51. The lowest BCUT2D eigenvalue weighted by molar-refractivity contribution is 0.110. The maximum absolute atomic E-state index is 5.43. The summed E-state index contributed by atoms with van der Waals surface area (Å²) in [5, 5.41) is 0. The van der Waals surface area contributed by atoms with E-state index in [1.54, 1.807) is 0 Å². The molecule has 0 bridgehead atoms. The van der Waals surface area contributed by atoms with Gasteiger partial charge in [-0.25, -0.2) is 0 Å². The molecule has 0 unspecified atom stereocenters. The van der Waals surface area contributed by atoms with E-state index in [0.717, 1.165) is 19.6 Å². The van der Waals surface area contributed by atoms with E-state index >= 15 is 0 Å². The molecular formula is C12H16O. The zero-order chi connectivity index (χ0) is 9.26. The predicted molar refractivity (Wildman–Crippen MR) is 53.9 cm³/mol. The first kappa shape index (κ1) is 8.76. The van der Waals surface area contributed by atoms with E-state index in [1.165, 1.54) is 16.7 Å². The van der Waals surface area contributed by atoms with E-state index in [4.69, 9.17) is 4.74 Å². The summed E-state index contributed by atoms with van der Waals surface area (Å²) in [6, 6.07) is 6.79. The van der Waals surface area contributed by atoms with Gasteiger partial charge in [0.05, 0.1) is 13.2 Å². The van der Waals surface area contributed by atoms with Gasteiger partial charge in [-0.3, -0.25) is 0 Å². The topological polar surface area (TPSA) is 9.23 Å². The van der Waals surface area contributed by atoms with Gasteiger partial charge in [0.2, 0.25) is 0 Å². The van der Waals surface area contributed by atoms with Crippen LogP contribution in [0.3, 0.4) is 0 Å². The molecule has 0 aliphatic carbocycles. The number of benzene rings is 1. The fourth-order valence-corrected chi connectivity index (χ4v) is 1.75. The van der Waals surface area contributed by atoms with E-state index < -0.39 is 0 Å². The maximum atomic E-state index is 5.43. The van der Waals surface area contributed by atoms with Crippen molar-refractivity contribution in [2.75, 3.05) is 6.61 Å². The molecule has 1 aromatic rings. The van der Waals surface area contributed by atoms with Crippen molar-refractivity contribution in [1.29, 1.82) is 0 Å². The quantitative estimate of drug-likeness (QED) is 0.639. The molecule has 1 aromatic carbocycles. The summed E-state index contributed by atoms with van der Waals surface area (Å²) >= 11 is 0. The Balaban J connectivity index is 2.35. The highest BCUT2D eigenvalue weighted by atomic mass is 16.5. The van der Waals surface area contributed by atoms with Crippen LogP contribution in [0.2, 0.25) is 0 Å².